The van der Waals surface area contributed by atoms with E-state index in [4.69, 9.17) is 0 Å². The zero-order chi connectivity index (χ0) is 8.43. The van der Waals surface area contributed by atoms with Crippen LogP contribution in [-0.4, -0.2) is 4.98 Å². The molecule has 0 spiro atoms. The molecule has 5 heteroatoms. The van der Waals surface area contributed by atoms with Gasteiger partial charge in [-0.25, -0.2) is 8.78 Å². The van der Waals surface area contributed by atoms with Crippen molar-refractivity contribution in [2.24, 2.45) is 0 Å². The molecule has 1 aromatic heterocycles. The van der Waals surface area contributed by atoms with E-state index in [9.17, 15) is 8.78 Å². The summed E-state index contributed by atoms with van der Waals surface area (Å²) in [5.41, 5.74) is -0.197. The predicted octanol–water partition coefficient (Wildman–Crippen LogP) is 3.39. The second-order valence-electron chi connectivity index (χ2n) is 1.79. The first-order chi connectivity index (χ1) is 5.13. The molecule has 0 aliphatic heterocycles. The van der Waals surface area contributed by atoms with Crippen molar-refractivity contribution in [1.82, 2.24) is 4.98 Å². The normalized spacial score (nSPS) is 10.6. The average Bonchev–Trinajstić information content (AvgIpc) is 1.94. The van der Waals surface area contributed by atoms with E-state index in [0.717, 1.165) is 3.57 Å². The van der Waals surface area contributed by atoms with Crippen molar-refractivity contribution < 1.29 is 8.78 Å². The van der Waals surface area contributed by atoms with Gasteiger partial charge >= 0.3 is 0 Å². The highest BCUT2D eigenvalue weighted by molar-refractivity contribution is 14.1. The van der Waals surface area contributed by atoms with Gasteiger partial charge in [0.25, 0.3) is 6.43 Å². The molecule has 0 amide bonds. The summed E-state index contributed by atoms with van der Waals surface area (Å²) in [5.74, 6) is 0. The Morgan fingerprint density at radius 3 is 2.64 bits per heavy atom. The van der Waals surface area contributed by atoms with Crippen LogP contribution in [0.2, 0.25) is 0 Å². The highest BCUT2D eigenvalue weighted by atomic mass is 127. The summed E-state index contributed by atoms with van der Waals surface area (Å²) < 4.78 is 25.4. The molecule has 60 valence electrons. The van der Waals surface area contributed by atoms with Crippen LogP contribution in [0.15, 0.2) is 16.7 Å². The Hall–Kier alpha value is 0.220. The summed E-state index contributed by atoms with van der Waals surface area (Å²) >= 11 is 4.99. The summed E-state index contributed by atoms with van der Waals surface area (Å²) in [6, 6.07) is 1.66. The van der Waals surface area contributed by atoms with Crippen molar-refractivity contribution in [3.05, 3.63) is 26.0 Å². The van der Waals surface area contributed by atoms with Crippen molar-refractivity contribution in [3.8, 4) is 0 Å². The van der Waals surface area contributed by atoms with E-state index in [-0.39, 0.29) is 5.69 Å². The van der Waals surface area contributed by atoms with Crippen LogP contribution in [0, 0.1) is 3.57 Å². The van der Waals surface area contributed by atoms with Gasteiger partial charge in [0.15, 0.2) is 0 Å². The molecule has 0 bridgehead atoms. The van der Waals surface area contributed by atoms with Crippen LogP contribution >= 0.6 is 38.5 Å². The number of pyridine rings is 1. The maximum atomic E-state index is 12.1. The zero-order valence-corrected chi connectivity index (χ0v) is 8.93. The summed E-state index contributed by atoms with van der Waals surface area (Å²) in [5, 5.41) is 0. The summed E-state index contributed by atoms with van der Waals surface area (Å²) in [4.78, 5) is 3.54. The molecular weight excluding hydrogens is 331 g/mol. The molecule has 0 saturated heterocycles. The quantitative estimate of drug-likeness (QED) is 0.718. The number of hydrogen-bond acceptors (Lipinski definition) is 1. The number of halogens is 4. The zero-order valence-electron chi connectivity index (χ0n) is 5.19. The van der Waals surface area contributed by atoms with Gasteiger partial charge in [0, 0.05) is 9.77 Å². The van der Waals surface area contributed by atoms with Gasteiger partial charge in [-0.2, -0.15) is 0 Å². The standard InChI is InChI=1S/C6H3BrF2IN/c7-4-3(10)1-2-11-5(4)6(8)9/h1-2,6H. The van der Waals surface area contributed by atoms with Crippen molar-refractivity contribution in [1.29, 1.82) is 0 Å². The van der Waals surface area contributed by atoms with Crippen molar-refractivity contribution in [2.75, 3.05) is 0 Å². The van der Waals surface area contributed by atoms with Gasteiger partial charge < -0.3 is 0 Å². The molecule has 1 rings (SSSR count). The predicted molar refractivity (Wildman–Crippen MR) is 49.6 cm³/mol. The monoisotopic (exact) mass is 333 g/mol. The Morgan fingerprint density at radius 2 is 2.18 bits per heavy atom. The highest BCUT2D eigenvalue weighted by Gasteiger charge is 2.14. The number of rotatable bonds is 1. The van der Waals surface area contributed by atoms with Gasteiger partial charge in [-0.3, -0.25) is 4.98 Å². The Labute approximate surface area is 84.5 Å². The van der Waals surface area contributed by atoms with E-state index in [2.05, 4.69) is 20.9 Å². The topological polar surface area (TPSA) is 12.9 Å². The minimum Gasteiger partial charge on any atom is -0.254 e. The maximum absolute atomic E-state index is 12.1. The molecule has 0 unspecified atom stereocenters. The number of alkyl halides is 2. The highest BCUT2D eigenvalue weighted by Crippen LogP contribution is 2.28. The summed E-state index contributed by atoms with van der Waals surface area (Å²) in [7, 11) is 0. The lowest BCUT2D eigenvalue weighted by Gasteiger charge is -2.02. The van der Waals surface area contributed by atoms with Crippen molar-refractivity contribution in [2.45, 2.75) is 6.43 Å². The molecule has 0 N–H and O–H groups in total. The van der Waals surface area contributed by atoms with E-state index in [1.165, 1.54) is 6.20 Å². The molecule has 11 heavy (non-hydrogen) atoms. The van der Waals surface area contributed by atoms with Crippen molar-refractivity contribution >= 4 is 38.5 Å². The van der Waals surface area contributed by atoms with E-state index < -0.39 is 6.43 Å². The second kappa shape index (κ2) is 3.75. The number of hydrogen-bond donors (Lipinski definition) is 0. The second-order valence-corrected chi connectivity index (χ2v) is 3.75. The number of aromatic nitrogens is 1. The summed E-state index contributed by atoms with van der Waals surface area (Å²) in [6.45, 7) is 0. The van der Waals surface area contributed by atoms with Gasteiger partial charge in [-0.15, -0.1) is 0 Å². The third kappa shape index (κ3) is 2.08. The van der Waals surface area contributed by atoms with Crippen LogP contribution in [0.4, 0.5) is 8.78 Å². The lowest BCUT2D eigenvalue weighted by atomic mass is 10.4. The fraction of sp³-hybridized carbons (Fsp3) is 0.167. The van der Waals surface area contributed by atoms with Crippen molar-refractivity contribution in [3.63, 3.8) is 0 Å². The van der Waals surface area contributed by atoms with Gasteiger partial charge in [0.1, 0.15) is 5.69 Å². The molecule has 0 radical (unpaired) electrons. The third-order valence-electron chi connectivity index (χ3n) is 1.08. The van der Waals surface area contributed by atoms with Gasteiger partial charge in [-0.1, -0.05) is 0 Å². The third-order valence-corrected chi connectivity index (χ3v) is 3.55. The Bertz CT molecular complexity index is 267. The van der Waals surface area contributed by atoms with Crippen LogP contribution in [0.3, 0.4) is 0 Å². The SMILES string of the molecule is FC(F)c1nccc(I)c1Br. The largest absolute Gasteiger partial charge is 0.281 e. The molecule has 0 atom stereocenters. The average molecular weight is 334 g/mol. The van der Waals surface area contributed by atoms with Crippen LogP contribution < -0.4 is 0 Å². The van der Waals surface area contributed by atoms with E-state index in [1.807, 2.05) is 22.6 Å². The van der Waals surface area contributed by atoms with Gasteiger partial charge in [-0.05, 0) is 44.6 Å². The summed E-state index contributed by atoms with van der Waals surface area (Å²) in [6.07, 6.45) is -1.15. The Balaban J connectivity index is 3.17. The number of nitrogens with zero attached hydrogens (tertiary/aromatic N) is 1. The Morgan fingerprint density at radius 1 is 1.55 bits per heavy atom. The smallest absolute Gasteiger partial charge is 0.254 e. The van der Waals surface area contributed by atoms with E-state index >= 15 is 0 Å². The first-order valence-corrected chi connectivity index (χ1v) is 4.58. The van der Waals surface area contributed by atoms with Gasteiger partial charge in [0.2, 0.25) is 0 Å². The first-order valence-electron chi connectivity index (χ1n) is 2.71. The molecule has 1 aromatic rings. The van der Waals surface area contributed by atoms with Crippen LogP contribution in [0.25, 0.3) is 0 Å². The molecule has 1 nitrogen and oxygen atoms in total. The molecular formula is C6H3BrF2IN. The minimum atomic E-state index is -2.51. The molecule has 0 fully saturated rings. The van der Waals surface area contributed by atoms with E-state index in [1.54, 1.807) is 6.07 Å². The fourth-order valence-electron chi connectivity index (χ4n) is 0.587. The maximum Gasteiger partial charge on any atom is 0.281 e. The van der Waals surface area contributed by atoms with Crippen LogP contribution in [0.1, 0.15) is 12.1 Å². The first kappa shape index (κ1) is 9.31. The molecule has 1 heterocycles. The minimum absolute atomic E-state index is 0.197. The van der Waals surface area contributed by atoms with Crippen LogP contribution in [-0.2, 0) is 0 Å². The molecule has 0 aliphatic carbocycles. The molecule has 0 aromatic carbocycles. The van der Waals surface area contributed by atoms with E-state index in [0.29, 0.717) is 4.47 Å². The lowest BCUT2D eigenvalue weighted by molar-refractivity contribution is 0.145. The van der Waals surface area contributed by atoms with Gasteiger partial charge in [0.05, 0.1) is 4.47 Å². The molecule has 0 saturated carbocycles. The molecule has 0 aliphatic rings. The Kier molecular flexibility index (Phi) is 3.17. The fourth-order valence-corrected chi connectivity index (χ4v) is 1.43. The lowest BCUT2D eigenvalue weighted by Crippen LogP contribution is -1.92. The van der Waals surface area contributed by atoms with Crippen LogP contribution in [0.5, 0.6) is 0 Å².